The predicted molar refractivity (Wildman–Crippen MR) is 91.9 cm³/mol. The fourth-order valence-electron chi connectivity index (χ4n) is 2.51. The zero-order valence-electron chi connectivity index (χ0n) is 12.4. The Hall–Kier alpha value is -1.17. The highest BCUT2D eigenvalue weighted by atomic mass is 79.9. The molecule has 0 aliphatic heterocycles. The lowest BCUT2D eigenvalue weighted by atomic mass is 10.1. The summed E-state index contributed by atoms with van der Waals surface area (Å²) in [6.07, 6.45) is 2.17. The van der Waals surface area contributed by atoms with Crippen LogP contribution in [0.15, 0.2) is 34.9 Å². The average molecular weight is 364 g/mol. The summed E-state index contributed by atoms with van der Waals surface area (Å²) in [6, 6.07) is 8.63. The summed E-state index contributed by atoms with van der Waals surface area (Å²) in [7, 11) is 0. The number of hydrogen-bond acceptors (Lipinski definition) is 3. The number of imidazole rings is 1. The van der Waals surface area contributed by atoms with E-state index < -0.39 is 0 Å². The van der Waals surface area contributed by atoms with Gasteiger partial charge >= 0.3 is 0 Å². The van der Waals surface area contributed by atoms with Crippen LogP contribution in [-0.2, 0) is 6.54 Å². The standard InChI is InChI=1S/C16H18BrN3S/c1-10-9-20-15(12(3)19-16(20)21-10)8-18-11(2)13-6-4-5-7-14(13)17/h4-7,9,11,18H,8H2,1-3H3/t11-/m0/s1. The van der Waals surface area contributed by atoms with Gasteiger partial charge in [0.05, 0.1) is 11.4 Å². The third-order valence-electron chi connectivity index (χ3n) is 3.69. The first kappa shape index (κ1) is 14.8. The first-order valence-electron chi connectivity index (χ1n) is 6.98. The molecule has 2 heterocycles. The van der Waals surface area contributed by atoms with Gasteiger partial charge in [0.1, 0.15) is 0 Å². The number of benzene rings is 1. The second kappa shape index (κ2) is 5.91. The summed E-state index contributed by atoms with van der Waals surface area (Å²) >= 11 is 5.35. The molecule has 0 aliphatic rings. The second-order valence-electron chi connectivity index (χ2n) is 5.26. The minimum absolute atomic E-state index is 0.283. The number of fused-ring (bicyclic) bond motifs is 1. The molecule has 0 fully saturated rings. The van der Waals surface area contributed by atoms with E-state index in [0.717, 1.165) is 21.7 Å². The van der Waals surface area contributed by atoms with Crippen LogP contribution >= 0.6 is 27.3 Å². The van der Waals surface area contributed by atoms with Gasteiger partial charge in [-0.25, -0.2) is 4.98 Å². The van der Waals surface area contributed by atoms with Crippen LogP contribution in [0.4, 0.5) is 0 Å². The Morgan fingerprint density at radius 3 is 2.86 bits per heavy atom. The van der Waals surface area contributed by atoms with Crippen LogP contribution in [0, 0.1) is 13.8 Å². The van der Waals surface area contributed by atoms with Gasteiger partial charge in [0.25, 0.3) is 0 Å². The molecule has 0 unspecified atom stereocenters. The molecule has 5 heteroatoms. The topological polar surface area (TPSA) is 29.3 Å². The fourth-order valence-corrected chi connectivity index (χ4v) is 4.03. The van der Waals surface area contributed by atoms with Gasteiger partial charge in [-0.3, -0.25) is 4.40 Å². The molecule has 0 bridgehead atoms. The molecule has 3 aromatic rings. The predicted octanol–water partition coefficient (Wildman–Crippen LogP) is 4.63. The summed E-state index contributed by atoms with van der Waals surface area (Å²) in [4.78, 5) is 7.00. The molecular formula is C16H18BrN3S. The van der Waals surface area contributed by atoms with E-state index >= 15 is 0 Å². The van der Waals surface area contributed by atoms with Gasteiger partial charge in [0.2, 0.25) is 0 Å². The molecule has 0 amide bonds. The van der Waals surface area contributed by atoms with E-state index in [2.05, 4.69) is 75.8 Å². The van der Waals surface area contributed by atoms with Crippen molar-refractivity contribution in [1.82, 2.24) is 14.7 Å². The Morgan fingerprint density at radius 2 is 2.10 bits per heavy atom. The minimum Gasteiger partial charge on any atom is -0.305 e. The molecule has 2 aromatic heterocycles. The zero-order chi connectivity index (χ0) is 15.0. The maximum absolute atomic E-state index is 4.63. The number of hydrogen-bond donors (Lipinski definition) is 1. The van der Waals surface area contributed by atoms with Gasteiger partial charge in [0.15, 0.2) is 4.96 Å². The normalized spacial score (nSPS) is 13.0. The van der Waals surface area contributed by atoms with Gasteiger partial charge in [-0.1, -0.05) is 34.1 Å². The Balaban J connectivity index is 1.80. The van der Waals surface area contributed by atoms with Gasteiger partial charge < -0.3 is 5.32 Å². The number of aromatic nitrogens is 2. The maximum Gasteiger partial charge on any atom is 0.194 e. The van der Waals surface area contributed by atoms with Crippen LogP contribution in [-0.4, -0.2) is 9.38 Å². The van der Waals surface area contributed by atoms with Crippen molar-refractivity contribution in [2.75, 3.05) is 0 Å². The highest BCUT2D eigenvalue weighted by Crippen LogP contribution is 2.24. The monoisotopic (exact) mass is 363 g/mol. The lowest BCUT2D eigenvalue weighted by Crippen LogP contribution is -2.19. The van der Waals surface area contributed by atoms with Gasteiger partial charge in [-0.05, 0) is 32.4 Å². The molecule has 0 saturated heterocycles. The van der Waals surface area contributed by atoms with Crippen molar-refractivity contribution >= 4 is 32.2 Å². The molecule has 21 heavy (non-hydrogen) atoms. The zero-order valence-corrected chi connectivity index (χ0v) is 14.8. The van der Waals surface area contributed by atoms with Gasteiger partial charge in [-0.2, -0.15) is 0 Å². The third kappa shape index (κ3) is 2.91. The minimum atomic E-state index is 0.283. The van der Waals surface area contributed by atoms with Crippen molar-refractivity contribution in [2.45, 2.75) is 33.4 Å². The molecule has 0 spiro atoms. The molecule has 1 atom stereocenters. The fraction of sp³-hybridized carbons (Fsp3) is 0.312. The van der Waals surface area contributed by atoms with Crippen molar-refractivity contribution < 1.29 is 0 Å². The molecule has 0 saturated carbocycles. The van der Waals surface area contributed by atoms with Crippen molar-refractivity contribution in [1.29, 1.82) is 0 Å². The number of rotatable bonds is 4. The van der Waals surface area contributed by atoms with Crippen LogP contribution in [0.2, 0.25) is 0 Å². The number of nitrogens with one attached hydrogen (secondary N) is 1. The first-order chi connectivity index (χ1) is 10.1. The van der Waals surface area contributed by atoms with Crippen molar-refractivity contribution in [2.24, 2.45) is 0 Å². The molecule has 0 radical (unpaired) electrons. The first-order valence-corrected chi connectivity index (χ1v) is 8.59. The Morgan fingerprint density at radius 1 is 1.33 bits per heavy atom. The Labute approximate surface area is 137 Å². The van der Waals surface area contributed by atoms with Crippen LogP contribution in [0.5, 0.6) is 0 Å². The van der Waals surface area contributed by atoms with Crippen molar-refractivity contribution in [3.8, 4) is 0 Å². The van der Waals surface area contributed by atoms with E-state index in [1.807, 2.05) is 6.07 Å². The number of halogens is 1. The highest BCUT2D eigenvalue weighted by Gasteiger charge is 2.13. The maximum atomic E-state index is 4.63. The molecule has 3 rings (SSSR count). The third-order valence-corrected chi connectivity index (χ3v) is 5.31. The molecule has 1 N–H and O–H groups in total. The van der Waals surface area contributed by atoms with E-state index in [1.165, 1.54) is 16.1 Å². The van der Waals surface area contributed by atoms with Crippen LogP contribution in [0.3, 0.4) is 0 Å². The van der Waals surface area contributed by atoms with Crippen molar-refractivity contribution in [3.05, 3.63) is 56.8 Å². The molecule has 3 nitrogen and oxygen atoms in total. The summed E-state index contributed by atoms with van der Waals surface area (Å²) in [6.45, 7) is 7.20. The smallest absolute Gasteiger partial charge is 0.194 e. The Bertz CT molecular complexity index is 775. The number of nitrogens with zero attached hydrogens (tertiary/aromatic N) is 2. The lowest BCUT2D eigenvalue weighted by molar-refractivity contribution is 0.562. The SMILES string of the molecule is Cc1cn2c(CN[C@@H](C)c3ccccc3Br)c(C)nc2s1. The van der Waals surface area contributed by atoms with E-state index in [-0.39, 0.29) is 6.04 Å². The largest absolute Gasteiger partial charge is 0.305 e. The quantitative estimate of drug-likeness (QED) is 0.732. The van der Waals surface area contributed by atoms with E-state index in [0.29, 0.717) is 0 Å². The van der Waals surface area contributed by atoms with E-state index in [9.17, 15) is 0 Å². The lowest BCUT2D eigenvalue weighted by Gasteiger charge is -2.15. The van der Waals surface area contributed by atoms with Crippen LogP contribution in [0.25, 0.3) is 4.96 Å². The molecule has 1 aromatic carbocycles. The highest BCUT2D eigenvalue weighted by molar-refractivity contribution is 9.10. The number of thiazole rings is 1. The summed E-state index contributed by atoms with van der Waals surface area (Å²) in [5.74, 6) is 0. The average Bonchev–Trinajstić information content (AvgIpc) is 2.92. The van der Waals surface area contributed by atoms with E-state index in [4.69, 9.17) is 0 Å². The second-order valence-corrected chi connectivity index (χ2v) is 7.33. The van der Waals surface area contributed by atoms with E-state index in [1.54, 1.807) is 11.3 Å². The summed E-state index contributed by atoms with van der Waals surface area (Å²) in [5, 5.41) is 3.60. The summed E-state index contributed by atoms with van der Waals surface area (Å²) < 4.78 is 3.35. The molecule has 0 aliphatic carbocycles. The number of aryl methyl sites for hydroxylation is 2. The molecular weight excluding hydrogens is 346 g/mol. The van der Waals surface area contributed by atoms with Crippen molar-refractivity contribution in [3.63, 3.8) is 0 Å². The van der Waals surface area contributed by atoms with Crippen LogP contribution < -0.4 is 5.32 Å². The van der Waals surface area contributed by atoms with Gasteiger partial charge in [-0.15, -0.1) is 11.3 Å². The summed E-state index contributed by atoms with van der Waals surface area (Å²) in [5.41, 5.74) is 3.62. The molecule has 110 valence electrons. The Kier molecular flexibility index (Phi) is 4.15. The van der Waals surface area contributed by atoms with Gasteiger partial charge in [0, 0.05) is 28.1 Å². The van der Waals surface area contributed by atoms with Crippen LogP contribution in [0.1, 0.15) is 34.8 Å².